The van der Waals surface area contributed by atoms with Gasteiger partial charge in [0.1, 0.15) is 17.4 Å². The number of alkyl carbamates (subject to hydrolysis) is 1. The van der Waals surface area contributed by atoms with Gasteiger partial charge in [-0.2, -0.15) is 0 Å². The lowest BCUT2D eigenvalue weighted by atomic mass is 10.1. The van der Waals surface area contributed by atoms with Gasteiger partial charge in [-0.05, 0) is 39.3 Å². The van der Waals surface area contributed by atoms with E-state index in [4.69, 9.17) is 4.74 Å². The lowest BCUT2D eigenvalue weighted by Gasteiger charge is -2.37. The van der Waals surface area contributed by atoms with Crippen molar-refractivity contribution in [3.05, 3.63) is 24.3 Å². The Balaban J connectivity index is 1.93. The fourth-order valence-corrected chi connectivity index (χ4v) is 3.07. The van der Waals surface area contributed by atoms with Crippen molar-refractivity contribution in [2.45, 2.75) is 52.1 Å². The molecule has 0 aromatic heterocycles. The maximum atomic E-state index is 12.8. The molecule has 1 aromatic carbocycles. The summed E-state index contributed by atoms with van der Waals surface area (Å²) in [5.74, 6) is -0.497. The minimum Gasteiger partial charge on any atom is -0.444 e. The predicted octanol–water partition coefficient (Wildman–Crippen LogP) is 3.54. The van der Waals surface area contributed by atoms with E-state index in [1.165, 1.54) is 18.2 Å². The van der Waals surface area contributed by atoms with Gasteiger partial charge >= 0.3 is 12.5 Å². The molecule has 2 amide bonds. The molecule has 0 spiro atoms. The molecule has 1 aliphatic rings. The molecule has 1 atom stereocenters. The Labute approximate surface area is 174 Å². The van der Waals surface area contributed by atoms with Crippen molar-refractivity contribution in [1.82, 2.24) is 10.2 Å². The Morgan fingerprint density at radius 2 is 1.77 bits per heavy atom. The van der Waals surface area contributed by atoms with Crippen molar-refractivity contribution < 1.29 is 32.2 Å². The topological polar surface area (TPSA) is 71.1 Å². The Hall–Kier alpha value is -2.65. The van der Waals surface area contributed by atoms with Gasteiger partial charge in [-0.25, -0.2) is 4.79 Å². The Kier molecular flexibility index (Phi) is 7.44. The van der Waals surface area contributed by atoms with Gasteiger partial charge in [-0.1, -0.05) is 13.0 Å². The van der Waals surface area contributed by atoms with Crippen molar-refractivity contribution in [2.24, 2.45) is 0 Å². The number of piperazine rings is 1. The predicted molar refractivity (Wildman–Crippen MR) is 105 cm³/mol. The van der Waals surface area contributed by atoms with Gasteiger partial charge < -0.3 is 24.6 Å². The van der Waals surface area contributed by atoms with Gasteiger partial charge in [0.05, 0.1) is 0 Å². The molecule has 0 bridgehead atoms. The van der Waals surface area contributed by atoms with E-state index in [1.54, 1.807) is 38.7 Å². The minimum atomic E-state index is -4.75. The lowest BCUT2D eigenvalue weighted by Crippen LogP contribution is -2.55. The largest absolute Gasteiger partial charge is 0.573 e. The van der Waals surface area contributed by atoms with Crippen LogP contribution in [0, 0.1) is 0 Å². The van der Waals surface area contributed by atoms with Crippen molar-refractivity contribution in [3.63, 3.8) is 0 Å². The summed E-state index contributed by atoms with van der Waals surface area (Å²) in [7, 11) is 0. The molecule has 1 aromatic rings. The molecule has 1 N–H and O–H groups in total. The van der Waals surface area contributed by atoms with Crippen LogP contribution < -0.4 is 15.0 Å². The Bertz CT molecular complexity index is 742. The summed E-state index contributed by atoms with van der Waals surface area (Å²) in [6, 6.07) is 5.05. The summed E-state index contributed by atoms with van der Waals surface area (Å²) in [5.41, 5.74) is -0.0794. The third kappa shape index (κ3) is 7.31. The SMILES string of the molecule is CC[C@H](NC(=O)OC(C)(C)C)C(=O)N1CCN(c2cccc(OC(F)(F)F)c2)CC1. The zero-order valence-electron chi connectivity index (χ0n) is 17.6. The minimum absolute atomic E-state index is 0.211. The molecule has 1 saturated heterocycles. The van der Waals surface area contributed by atoms with Crippen LogP contribution in [0.3, 0.4) is 0 Å². The molecule has 0 aliphatic carbocycles. The van der Waals surface area contributed by atoms with Crippen LogP contribution >= 0.6 is 0 Å². The first-order valence-corrected chi connectivity index (χ1v) is 9.77. The van der Waals surface area contributed by atoms with Crippen LogP contribution in [-0.2, 0) is 9.53 Å². The van der Waals surface area contributed by atoms with Gasteiger partial charge in [-0.15, -0.1) is 13.2 Å². The highest BCUT2D eigenvalue weighted by Gasteiger charge is 2.32. The molecule has 10 heteroatoms. The molecule has 168 valence electrons. The number of carbonyl (C=O) groups excluding carboxylic acids is 2. The quantitative estimate of drug-likeness (QED) is 0.772. The number of anilines is 1. The van der Waals surface area contributed by atoms with Crippen LogP contribution in [0.4, 0.5) is 23.7 Å². The normalized spacial score (nSPS) is 16.1. The van der Waals surface area contributed by atoms with Crippen LogP contribution in [0.2, 0.25) is 0 Å². The second-order valence-electron chi connectivity index (χ2n) is 7.96. The number of hydrogen-bond acceptors (Lipinski definition) is 5. The second-order valence-corrected chi connectivity index (χ2v) is 7.96. The smallest absolute Gasteiger partial charge is 0.444 e. The molecule has 0 saturated carbocycles. The zero-order chi connectivity index (χ0) is 22.5. The average molecular weight is 431 g/mol. The average Bonchev–Trinajstić information content (AvgIpc) is 2.63. The number of halogens is 3. The van der Waals surface area contributed by atoms with Crippen molar-refractivity contribution in [3.8, 4) is 5.75 Å². The van der Waals surface area contributed by atoms with Crippen LogP contribution in [0.5, 0.6) is 5.75 Å². The number of rotatable bonds is 5. The van der Waals surface area contributed by atoms with Crippen molar-refractivity contribution >= 4 is 17.7 Å². The molecule has 7 nitrogen and oxygen atoms in total. The summed E-state index contributed by atoms with van der Waals surface area (Å²) < 4.78 is 46.5. The molecule has 1 fully saturated rings. The van der Waals surface area contributed by atoms with Crippen molar-refractivity contribution in [1.29, 1.82) is 0 Å². The van der Waals surface area contributed by atoms with Gasteiger partial charge in [-0.3, -0.25) is 4.79 Å². The van der Waals surface area contributed by atoms with E-state index in [-0.39, 0.29) is 11.7 Å². The Morgan fingerprint density at radius 3 is 2.30 bits per heavy atom. The number of nitrogens with one attached hydrogen (secondary N) is 1. The van der Waals surface area contributed by atoms with E-state index in [1.807, 2.05) is 4.90 Å². The Morgan fingerprint density at radius 1 is 1.13 bits per heavy atom. The van der Waals surface area contributed by atoms with Crippen LogP contribution in [0.1, 0.15) is 34.1 Å². The molecular formula is C20H28F3N3O4. The first kappa shape index (κ1) is 23.6. The molecular weight excluding hydrogens is 403 g/mol. The van der Waals surface area contributed by atoms with Gasteiger partial charge in [0.15, 0.2) is 0 Å². The number of ether oxygens (including phenoxy) is 2. The van der Waals surface area contributed by atoms with Crippen LogP contribution in [-0.4, -0.2) is 61.1 Å². The third-order valence-corrected chi connectivity index (χ3v) is 4.40. The number of nitrogens with zero attached hydrogens (tertiary/aromatic N) is 2. The standard InChI is InChI=1S/C20H28F3N3O4/c1-5-16(24-18(28)30-19(2,3)4)17(27)26-11-9-25(10-12-26)14-7-6-8-15(13-14)29-20(21,22)23/h6-8,13,16H,5,9-12H2,1-4H3,(H,24,28)/t16-/m0/s1. The summed E-state index contributed by atoms with van der Waals surface area (Å²) in [6.45, 7) is 8.68. The highest BCUT2D eigenvalue weighted by Crippen LogP contribution is 2.27. The van der Waals surface area contributed by atoms with E-state index in [0.29, 0.717) is 38.3 Å². The van der Waals surface area contributed by atoms with E-state index < -0.39 is 24.1 Å². The third-order valence-electron chi connectivity index (χ3n) is 4.40. The summed E-state index contributed by atoms with van der Waals surface area (Å²) in [6.07, 6.45) is -4.99. The van der Waals surface area contributed by atoms with E-state index in [0.717, 1.165) is 0 Å². The van der Waals surface area contributed by atoms with Crippen LogP contribution in [0.15, 0.2) is 24.3 Å². The highest BCUT2D eigenvalue weighted by molar-refractivity contribution is 5.86. The van der Waals surface area contributed by atoms with Gasteiger partial charge in [0.25, 0.3) is 0 Å². The van der Waals surface area contributed by atoms with Crippen LogP contribution in [0.25, 0.3) is 0 Å². The lowest BCUT2D eigenvalue weighted by molar-refractivity contribution is -0.274. The number of carbonyl (C=O) groups is 2. The number of benzene rings is 1. The summed E-state index contributed by atoms with van der Waals surface area (Å²) in [4.78, 5) is 28.3. The molecule has 1 heterocycles. The number of hydrogen-bond donors (Lipinski definition) is 1. The van der Waals surface area contributed by atoms with Gasteiger partial charge in [0.2, 0.25) is 5.91 Å². The fraction of sp³-hybridized carbons (Fsp3) is 0.600. The fourth-order valence-electron chi connectivity index (χ4n) is 3.07. The first-order chi connectivity index (χ1) is 13.9. The second kappa shape index (κ2) is 9.44. The van der Waals surface area contributed by atoms with E-state index >= 15 is 0 Å². The zero-order valence-corrected chi connectivity index (χ0v) is 17.6. The molecule has 1 aliphatic heterocycles. The van der Waals surface area contributed by atoms with E-state index in [2.05, 4.69) is 10.1 Å². The molecule has 2 rings (SSSR count). The first-order valence-electron chi connectivity index (χ1n) is 9.77. The summed E-state index contributed by atoms with van der Waals surface area (Å²) >= 11 is 0. The maximum Gasteiger partial charge on any atom is 0.573 e. The molecule has 0 unspecified atom stereocenters. The highest BCUT2D eigenvalue weighted by atomic mass is 19.4. The maximum absolute atomic E-state index is 12.8. The van der Waals surface area contributed by atoms with Crippen molar-refractivity contribution in [2.75, 3.05) is 31.1 Å². The molecule has 30 heavy (non-hydrogen) atoms. The number of alkyl halides is 3. The molecule has 0 radical (unpaired) electrons. The number of amides is 2. The van der Waals surface area contributed by atoms with E-state index in [9.17, 15) is 22.8 Å². The summed E-state index contributed by atoms with van der Waals surface area (Å²) in [5, 5.41) is 2.60. The monoisotopic (exact) mass is 431 g/mol. The van der Waals surface area contributed by atoms with Gasteiger partial charge in [0, 0.05) is 37.9 Å².